The summed E-state index contributed by atoms with van der Waals surface area (Å²) in [6, 6.07) is 15.7. The van der Waals surface area contributed by atoms with Crippen molar-refractivity contribution in [2.45, 2.75) is 18.9 Å². The topological polar surface area (TPSA) is 38.1 Å². The second kappa shape index (κ2) is 6.38. The van der Waals surface area contributed by atoms with E-state index in [-0.39, 0.29) is 11.8 Å². The van der Waals surface area contributed by atoms with Gasteiger partial charge in [-0.05, 0) is 40.2 Å². The number of halogens is 1. The Kier molecular flexibility index (Phi) is 4.06. The normalized spacial score (nSPS) is 17.2. The number of hydrogen-bond acceptors (Lipinski definition) is 2. The molecule has 0 aliphatic carbocycles. The number of para-hydroxylation sites is 3. The number of aromatic nitrogens is 2. The largest absolute Gasteiger partial charge is 0.316 e. The Labute approximate surface area is 154 Å². The van der Waals surface area contributed by atoms with Crippen LogP contribution in [0.1, 0.15) is 18.2 Å². The molecule has 3 aromatic rings. The third kappa shape index (κ3) is 2.73. The van der Waals surface area contributed by atoms with E-state index >= 15 is 0 Å². The summed E-state index contributed by atoms with van der Waals surface area (Å²) in [6.45, 7) is 1.06. The van der Waals surface area contributed by atoms with Crippen molar-refractivity contribution in [2.75, 3.05) is 11.4 Å². The minimum absolute atomic E-state index is 0.0281. The first-order valence-corrected chi connectivity index (χ1v) is 8.92. The molecule has 4 rings (SSSR count). The predicted molar refractivity (Wildman–Crippen MR) is 102 cm³/mol. The summed E-state index contributed by atoms with van der Waals surface area (Å²) >= 11 is 3.54. The van der Waals surface area contributed by atoms with Crippen molar-refractivity contribution in [1.82, 2.24) is 9.55 Å². The molecule has 0 bridgehead atoms. The molecule has 1 aliphatic rings. The smallest absolute Gasteiger partial charge is 0.227 e. The summed E-state index contributed by atoms with van der Waals surface area (Å²) in [6.07, 6.45) is 6.00. The summed E-state index contributed by atoms with van der Waals surface area (Å²) in [4.78, 5) is 19.2. The van der Waals surface area contributed by atoms with Crippen LogP contribution in [-0.2, 0) is 11.3 Å². The average Bonchev–Trinajstić information content (AvgIpc) is 3.17. The predicted octanol–water partition coefficient (Wildman–Crippen LogP) is 3.95. The third-order valence-corrected chi connectivity index (χ3v) is 5.24. The maximum Gasteiger partial charge on any atom is 0.227 e. The highest BCUT2D eigenvalue weighted by Crippen LogP contribution is 2.35. The van der Waals surface area contributed by atoms with Crippen LogP contribution in [0.3, 0.4) is 0 Å². The summed E-state index contributed by atoms with van der Waals surface area (Å²) in [5.74, 6) is 3.73. The van der Waals surface area contributed by atoms with Crippen molar-refractivity contribution in [3.8, 4) is 12.3 Å². The lowest BCUT2D eigenvalue weighted by Gasteiger charge is -2.18. The Bertz CT molecular complexity index is 1000. The fourth-order valence-corrected chi connectivity index (χ4v) is 3.95. The highest BCUT2D eigenvalue weighted by atomic mass is 79.9. The van der Waals surface area contributed by atoms with Gasteiger partial charge in [0.05, 0.1) is 23.3 Å². The van der Waals surface area contributed by atoms with E-state index in [4.69, 9.17) is 11.4 Å². The van der Waals surface area contributed by atoms with Crippen LogP contribution >= 0.6 is 15.9 Å². The second-order valence-electron chi connectivity index (χ2n) is 6.11. The lowest BCUT2D eigenvalue weighted by atomic mass is 10.1. The van der Waals surface area contributed by atoms with Gasteiger partial charge in [0.1, 0.15) is 5.82 Å². The Morgan fingerprint density at radius 3 is 2.76 bits per heavy atom. The summed E-state index contributed by atoms with van der Waals surface area (Å²) in [7, 11) is 0. The van der Waals surface area contributed by atoms with Crippen LogP contribution in [0.5, 0.6) is 0 Å². The molecule has 0 radical (unpaired) electrons. The molecule has 25 heavy (non-hydrogen) atoms. The Hall–Kier alpha value is -2.58. The van der Waals surface area contributed by atoms with Crippen LogP contribution in [-0.4, -0.2) is 22.0 Å². The SMILES string of the molecule is C#CCn1c([C@H]2CC(=O)N(c3ccccc3Br)C2)nc2ccccc21. The number of hydrogen-bond donors (Lipinski definition) is 0. The maximum absolute atomic E-state index is 12.6. The molecule has 5 heteroatoms. The highest BCUT2D eigenvalue weighted by Gasteiger charge is 2.35. The zero-order chi connectivity index (χ0) is 17.4. The van der Waals surface area contributed by atoms with Gasteiger partial charge < -0.3 is 9.47 Å². The van der Waals surface area contributed by atoms with Gasteiger partial charge in [-0.3, -0.25) is 4.79 Å². The van der Waals surface area contributed by atoms with Crippen molar-refractivity contribution in [3.63, 3.8) is 0 Å². The van der Waals surface area contributed by atoms with E-state index in [1.54, 1.807) is 0 Å². The van der Waals surface area contributed by atoms with Crippen molar-refractivity contribution in [2.24, 2.45) is 0 Å². The average molecular weight is 394 g/mol. The van der Waals surface area contributed by atoms with E-state index in [9.17, 15) is 4.79 Å². The molecular formula is C20H16BrN3O. The molecule has 4 nitrogen and oxygen atoms in total. The number of terminal acetylenes is 1. The number of benzene rings is 2. The van der Waals surface area contributed by atoms with Gasteiger partial charge in [0.15, 0.2) is 0 Å². The zero-order valence-corrected chi connectivity index (χ0v) is 15.1. The molecule has 1 saturated heterocycles. The minimum Gasteiger partial charge on any atom is -0.316 e. The molecular weight excluding hydrogens is 378 g/mol. The lowest BCUT2D eigenvalue weighted by Crippen LogP contribution is -2.24. The molecule has 1 aliphatic heterocycles. The van der Waals surface area contributed by atoms with E-state index in [2.05, 4.69) is 26.4 Å². The Balaban J connectivity index is 1.73. The molecule has 1 fully saturated rings. The highest BCUT2D eigenvalue weighted by molar-refractivity contribution is 9.10. The Morgan fingerprint density at radius 2 is 1.96 bits per heavy atom. The molecule has 1 amide bonds. The summed E-state index contributed by atoms with van der Waals surface area (Å²) < 4.78 is 2.97. The summed E-state index contributed by atoms with van der Waals surface area (Å²) in [5, 5.41) is 0. The number of amides is 1. The van der Waals surface area contributed by atoms with Crippen molar-refractivity contribution < 1.29 is 4.79 Å². The number of imidazole rings is 1. The molecule has 0 N–H and O–H groups in total. The Morgan fingerprint density at radius 1 is 1.20 bits per heavy atom. The van der Waals surface area contributed by atoms with Crippen LogP contribution in [0, 0.1) is 12.3 Å². The third-order valence-electron chi connectivity index (χ3n) is 4.57. The van der Waals surface area contributed by atoms with Gasteiger partial charge in [-0.15, -0.1) is 6.42 Å². The number of carbonyl (C=O) groups excluding carboxylic acids is 1. The first kappa shape index (κ1) is 15.9. The van der Waals surface area contributed by atoms with Crippen molar-refractivity contribution >= 4 is 38.6 Å². The molecule has 0 unspecified atom stereocenters. The van der Waals surface area contributed by atoms with E-state index in [1.807, 2.05) is 53.4 Å². The molecule has 0 saturated carbocycles. The number of fused-ring (bicyclic) bond motifs is 1. The minimum atomic E-state index is 0.0281. The number of anilines is 1. The molecule has 1 atom stereocenters. The van der Waals surface area contributed by atoms with E-state index in [0.29, 0.717) is 19.5 Å². The van der Waals surface area contributed by atoms with Crippen molar-refractivity contribution in [1.29, 1.82) is 0 Å². The molecule has 124 valence electrons. The summed E-state index contributed by atoms with van der Waals surface area (Å²) in [5.41, 5.74) is 2.83. The van der Waals surface area contributed by atoms with E-state index in [1.165, 1.54) is 0 Å². The van der Waals surface area contributed by atoms with Gasteiger partial charge in [-0.2, -0.15) is 0 Å². The second-order valence-corrected chi connectivity index (χ2v) is 6.96. The molecule has 2 aromatic carbocycles. The van der Waals surface area contributed by atoms with Crippen LogP contribution in [0.25, 0.3) is 11.0 Å². The lowest BCUT2D eigenvalue weighted by molar-refractivity contribution is -0.117. The molecule has 0 spiro atoms. The fourth-order valence-electron chi connectivity index (χ4n) is 3.45. The van der Waals surface area contributed by atoms with Gasteiger partial charge in [-0.1, -0.05) is 30.2 Å². The van der Waals surface area contributed by atoms with Gasteiger partial charge in [-0.25, -0.2) is 4.98 Å². The van der Waals surface area contributed by atoms with Gasteiger partial charge >= 0.3 is 0 Å². The van der Waals surface area contributed by atoms with Crippen LogP contribution in [0.4, 0.5) is 5.69 Å². The quantitative estimate of drug-likeness (QED) is 0.631. The molecule has 1 aromatic heterocycles. The standard InChI is InChI=1S/C20H16BrN3O/c1-2-11-23-18-10-6-4-8-16(18)22-20(23)14-12-19(25)24(13-14)17-9-5-3-7-15(17)21/h1,3-10,14H,11-13H2/t14-/m0/s1. The van der Waals surface area contributed by atoms with E-state index < -0.39 is 0 Å². The molecule has 2 heterocycles. The van der Waals surface area contributed by atoms with Gasteiger partial charge in [0.2, 0.25) is 5.91 Å². The maximum atomic E-state index is 12.6. The van der Waals surface area contributed by atoms with Gasteiger partial charge in [0.25, 0.3) is 0 Å². The number of nitrogens with zero attached hydrogens (tertiary/aromatic N) is 3. The fraction of sp³-hybridized carbons (Fsp3) is 0.200. The van der Waals surface area contributed by atoms with Crippen LogP contribution < -0.4 is 4.90 Å². The zero-order valence-electron chi connectivity index (χ0n) is 13.5. The van der Waals surface area contributed by atoms with Crippen molar-refractivity contribution in [3.05, 3.63) is 58.8 Å². The number of rotatable bonds is 3. The first-order chi connectivity index (χ1) is 12.2. The number of carbonyl (C=O) groups is 1. The van der Waals surface area contributed by atoms with Crippen LogP contribution in [0.2, 0.25) is 0 Å². The van der Waals surface area contributed by atoms with E-state index in [0.717, 1.165) is 27.0 Å². The first-order valence-electron chi connectivity index (χ1n) is 8.12. The van der Waals surface area contributed by atoms with Gasteiger partial charge in [0, 0.05) is 23.4 Å². The monoisotopic (exact) mass is 393 g/mol. The van der Waals surface area contributed by atoms with Crippen LogP contribution in [0.15, 0.2) is 53.0 Å².